The Labute approximate surface area is 290 Å². The fraction of sp³-hybridized carbons (Fsp3) is 0.429. The minimum atomic E-state index is -0.611. The molecule has 4 aromatic rings. The molecular weight excluding hydrogens is 644 g/mol. The summed E-state index contributed by atoms with van der Waals surface area (Å²) in [7, 11) is 1.64. The molecule has 6 rings (SSSR count). The van der Waals surface area contributed by atoms with Gasteiger partial charge in [-0.25, -0.2) is 4.79 Å². The van der Waals surface area contributed by atoms with Crippen LogP contribution in [0.25, 0.3) is 5.65 Å². The molecule has 0 bridgehead atoms. The zero-order valence-corrected chi connectivity index (χ0v) is 29.2. The lowest BCUT2D eigenvalue weighted by Gasteiger charge is -2.45. The van der Waals surface area contributed by atoms with Crippen molar-refractivity contribution in [3.63, 3.8) is 0 Å². The summed E-state index contributed by atoms with van der Waals surface area (Å²) in [6.45, 7) is 11.0. The van der Waals surface area contributed by atoms with Crippen molar-refractivity contribution in [3.05, 3.63) is 64.3 Å². The highest BCUT2D eigenvalue weighted by Crippen LogP contribution is 2.39. The molecule has 0 unspecified atom stereocenters. The Kier molecular flexibility index (Phi) is 9.14. The third-order valence-electron chi connectivity index (χ3n) is 8.52. The van der Waals surface area contributed by atoms with E-state index in [2.05, 4.69) is 37.3 Å². The first kappa shape index (κ1) is 33.6. The van der Waals surface area contributed by atoms with E-state index in [0.29, 0.717) is 58.8 Å². The van der Waals surface area contributed by atoms with Gasteiger partial charge in [0.2, 0.25) is 11.9 Å². The van der Waals surface area contributed by atoms with Crippen LogP contribution in [0.5, 0.6) is 5.75 Å². The molecule has 49 heavy (non-hydrogen) atoms. The normalized spacial score (nSPS) is 17.7. The number of methoxy groups -OCH3 is 1. The zero-order chi connectivity index (χ0) is 35.0. The van der Waals surface area contributed by atoms with Crippen molar-refractivity contribution in [2.75, 3.05) is 35.3 Å². The topological polar surface area (TPSA) is 148 Å². The van der Waals surface area contributed by atoms with Gasteiger partial charge in [0.25, 0.3) is 0 Å². The van der Waals surface area contributed by atoms with E-state index in [1.54, 1.807) is 28.7 Å². The van der Waals surface area contributed by atoms with Crippen LogP contribution in [0.1, 0.15) is 64.2 Å². The van der Waals surface area contributed by atoms with Gasteiger partial charge in [-0.1, -0.05) is 23.7 Å². The van der Waals surface area contributed by atoms with Crippen LogP contribution in [-0.2, 0) is 11.3 Å². The maximum absolute atomic E-state index is 13.0. The van der Waals surface area contributed by atoms with E-state index in [9.17, 15) is 15.3 Å². The Morgan fingerprint density at radius 1 is 1.08 bits per heavy atom. The summed E-state index contributed by atoms with van der Waals surface area (Å²) in [4.78, 5) is 28.6. The molecule has 13 nitrogen and oxygen atoms in total. The molecule has 0 radical (unpaired) electrons. The van der Waals surface area contributed by atoms with E-state index in [1.165, 1.54) is 6.20 Å². The quantitative estimate of drug-likeness (QED) is 0.224. The summed E-state index contributed by atoms with van der Waals surface area (Å²) < 4.78 is 12.6. The predicted octanol–water partition coefficient (Wildman–Crippen LogP) is 6.28. The molecule has 3 heterocycles. The van der Waals surface area contributed by atoms with Gasteiger partial charge >= 0.3 is 6.09 Å². The first-order valence-electron chi connectivity index (χ1n) is 16.2. The molecule has 1 amide bonds. The number of nitrogens with one attached hydrogen (secondary N) is 1. The summed E-state index contributed by atoms with van der Waals surface area (Å²) in [5, 5.41) is 28.0. The number of carbonyl (C=O) groups excluding carboxylic acids is 1. The number of anilines is 4. The fourth-order valence-electron chi connectivity index (χ4n) is 6.17. The van der Waals surface area contributed by atoms with Gasteiger partial charge in [0.15, 0.2) is 5.65 Å². The number of aromatic nitrogens is 4. The van der Waals surface area contributed by atoms with Crippen LogP contribution in [0, 0.1) is 22.7 Å². The molecule has 254 valence electrons. The van der Waals surface area contributed by atoms with E-state index < -0.39 is 5.60 Å². The number of fused-ring (bicyclic) bond motifs is 1. The van der Waals surface area contributed by atoms with Crippen molar-refractivity contribution in [2.45, 2.75) is 77.7 Å². The van der Waals surface area contributed by atoms with E-state index in [0.717, 1.165) is 24.2 Å². The molecule has 1 aliphatic heterocycles. The number of rotatable bonds is 8. The second-order valence-corrected chi connectivity index (χ2v) is 13.9. The Bertz CT molecular complexity index is 1940. The maximum Gasteiger partial charge on any atom is 0.410 e. The second kappa shape index (κ2) is 13.3. The Hall–Kier alpha value is -5.27. The maximum atomic E-state index is 13.0. The standard InChI is InChI=1S/C35H39ClN10O3/c1-21-18-43(19-22(2)45(21)34(47)49-35(3,4)5)29-14-24(15-37)13-28(30(29)36)40-32-41-31-25(16-38)17-39-46(31)33(42-32)44(26-9-10-26)20-23-7-11-27(48-6)12-8-23/h7-8,11-14,17,21-22,26H,9-10,18-20H2,1-6H3,(H,40,41)/t21-,22-/m0/s1. The highest BCUT2D eigenvalue weighted by atomic mass is 35.5. The minimum Gasteiger partial charge on any atom is -0.497 e. The largest absolute Gasteiger partial charge is 0.497 e. The third-order valence-corrected chi connectivity index (χ3v) is 8.92. The summed E-state index contributed by atoms with van der Waals surface area (Å²) in [6, 6.07) is 15.6. The molecule has 2 aromatic heterocycles. The number of amides is 1. The minimum absolute atomic E-state index is 0.185. The van der Waals surface area contributed by atoms with Gasteiger partial charge in [-0.15, -0.1) is 0 Å². The molecule has 2 aromatic carbocycles. The summed E-state index contributed by atoms with van der Waals surface area (Å²) in [6.07, 6.45) is 3.11. The van der Waals surface area contributed by atoms with Gasteiger partial charge in [-0.3, -0.25) is 4.90 Å². The number of nitriles is 2. The van der Waals surface area contributed by atoms with E-state index in [1.807, 2.05) is 58.9 Å². The average molecular weight is 683 g/mol. The molecule has 0 spiro atoms. The van der Waals surface area contributed by atoms with Gasteiger partial charge in [0.05, 0.1) is 53.4 Å². The molecule has 2 fully saturated rings. The van der Waals surface area contributed by atoms with Crippen LogP contribution >= 0.6 is 11.6 Å². The van der Waals surface area contributed by atoms with Gasteiger partial charge in [-0.2, -0.15) is 30.1 Å². The SMILES string of the molecule is COc1ccc(CN(c2nc(Nc3cc(C#N)cc(N4C[C@H](C)N(C(=O)OC(C)(C)C)[C@@H](C)C4)c3Cl)nc3c(C#N)cnn23)C2CC2)cc1. The number of halogens is 1. The zero-order valence-electron chi connectivity index (χ0n) is 28.4. The monoisotopic (exact) mass is 682 g/mol. The Morgan fingerprint density at radius 2 is 1.78 bits per heavy atom. The molecule has 2 aliphatic rings. The molecule has 1 saturated carbocycles. The number of nitrogens with zero attached hydrogens (tertiary/aromatic N) is 9. The molecular formula is C35H39ClN10O3. The molecule has 2 atom stereocenters. The van der Waals surface area contributed by atoms with Crippen molar-refractivity contribution < 1.29 is 14.3 Å². The van der Waals surface area contributed by atoms with Gasteiger partial charge < -0.3 is 24.6 Å². The lowest BCUT2D eigenvalue weighted by atomic mass is 10.1. The van der Waals surface area contributed by atoms with Gasteiger partial charge in [0, 0.05) is 25.7 Å². The summed E-state index contributed by atoms with van der Waals surface area (Å²) >= 11 is 7.09. The number of carbonyl (C=O) groups is 1. The Morgan fingerprint density at radius 3 is 2.37 bits per heavy atom. The summed E-state index contributed by atoms with van der Waals surface area (Å²) in [5.41, 5.74) is 2.57. The van der Waals surface area contributed by atoms with Crippen LogP contribution in [0.15, 0.2) is 42.6 Å². The molecule has 14 heteroatoms. The predicted molar refractivity (Wildman–Crippen MR) is 186 cm³/mol. The van der Waals surface area contributed by atoms with Crippen LogP contribution in [0.3, 0.4) is 0 Å². The van der Waals surface area contributed by atoms with Crippen LogP contribution in [-0.4, -0.2) is 74.5 Å². The van der Waals surface area contributed by atoms with Crippen molar-refractivity contribution in [1.82, 2.24) is 24.5 Å². The van der Waals surface area contributed by atoms with Gasteiger partial charge in [-0.05, 0) is 77.3 Å². The van der Waals surface area contributed by atoms with Crippen molar-refractivity contribution in [2.24, 2.45) is 0 Å². The number of hydrogen-bond donors (Lipinski definition) is 1. The van der Waals surface area contributed by atoms with Crippen molar-refractivity contribution in [1.29, 1.82) is 10.5 Å². The van der Waals surface area contributed by atoms with E-state index in [4.69, 9.17) is 26.1 Å². The number of hydrogen-bond acceptors (Lipinski definition) is 11. The van der Waals surface area contributed by atoms with Crippen LogP contribution < -0.4 is 19.9 Å². The van der Waals surface area contributed by atoms with Crippen LogP contribution in [0.4, 0.5) is 28.1 Å². The van der Waals surface area contributed by atoms with E-state index >= 15 is 0 Å². The second-order valence-electron chi connectivity index (χ2n) is 13.5. The smallest absolute Gasteiger partial charge is 0.410 e. The van der Waals surface area contributed by atoms with E-state index in [-0.39, 0.29) is 30.2 Å². The van der Waals surface area contributed by atoms with Crippen LogP contribution in [0.2, 0.25) is 5.02 Å². The van der Waals surface area contributed by atoms with Crippen molar-refractivity contribution in [3.8, 4) is 17.9 Å². The molecule has 1 N–H and O–H groups in total. The fourth-order valence-corrected chi connectivity index (χ4v) is 6.45. The lowest BCUT2D eigenvalue weighted by Crippen LogP contribution is -2.59. The summed E-state index contributed by atoms with van der Waals surface area (Å²) in [5.74, 6) is 1.51. The van der Waals surface area contributed by atoms with Gasteiger partial charge in [0.1, 0.15) is 23.0 Å². The highest BCUT2D eigenvalue weighted by molar-refractivity contribution is 6.36. The Balaban J connectivity index is 1.34. The first-order chi connectivity index (χ1) is 23.4. The lowest BCUT2D eigenvalue weighted by molar-refractivity contribution is 0.00566. The first-order valence-corrected chi connectivity index (χ1v) is 16.6. The number of piperazine rings is 1. The number of ether oxygens (including phenoxy) is 2. The third kappa shape index (κ3) is 7.13. The highest BCUT2D eigenvalue weighted by Gasteiger charge is 2.37. The average Bonchev–Trinajstić information content (AvgIpc) is 3.82. The molecule has 1 saturated heterocycles. The number of benzene rings is 2. The van der Waals surface area contributed by atoms with Crippen molar-refractivity contribution >= 4 is 46.6 Å². The molecule has 1 aliphatic carbocycles.